The number of carbonyl (C=O) groups excluding carboxylic acids is 1. The highest BCUT2D eigenvalue weighted by atomic mass is 16.5. The Bertz CT molecular complexity index is 394. The minimum absolute atomic E-state index is 0.311. The highest BCUT2D eigenvalue weighted by Gasteiger charge is 2.22. The molecular weight excluding hydrogens is 218 g/mol. The van der Waals surface area contributed by atoms with Gasteiger partial charge < -0.3 is 10.1 Å². The highest BCUT2D eigenvalue weighted by Crippen LogP contribution is 2.23. The van der Waals surface area contributed by atoms with Gasteiger partial charge in [-0.05, 0) is 32.4 Å². The van der Waals surface area contributed by atoms with Gasteiger partial charge in [-0.1, -0.05) is 0 Å². The lowest BCUT2D eigenvalue weighted by molar-refractivity contribution is 0.0587. The minimum atomic E-state index is -0.311. The third-order valence-corrected chi connectivity index (χ3v) is 3.21. The number of aromatic nitrogens is 2. The van der Waals surface area contributed by atoms with Crippen LogP contribution < -0.4 is 5.32 Å². The molecule has 1 saturated heterocycles. The Hall–Kier alpha value is -1.36. The molecule has 5 nitrogen and oxygen atoms in total. The number of aryl methyl sites for hydroxylation is 1. The standard InChI is InChI=1S/C12H19N3O2/c1-3-15-11(12(16)17-2)7-10(14-15)9-5-4-6-13-8-9/h7,9,13H,3-6,8H2,1-2H3. The zero-order chi connectivity index (χ0) is 12.3. The van der Waals surface area contributed by atoms with Crippen molar-refractivity contribution in [3.8, 4) is 0 Å². The second kappa shape index (κ2) is 5.31. The van der Waals surface area contributed by atoms with Crippen LogP contribution in [0.5, 0.6) is 0 Å². The van der Waals surface area contributed by atoms with Crippen molar-refractivity contribution >= 4 is 5.97 Å². The molecule has 0 amide bonds. The fourth-order valence-corrected chi connectivity index (χ4v) is 2.25. The van der Waals surface area contributed by atoms with Crippen LogP contribution in [-0.2, 0) is 11.3 Å². The lowest BCUT2D eigenvalue weighted by Crippen LogP contribution is -2.28. The summed E-state index contributed by atoms with van der Waals surface area (Å²) in [5, 5.41) is 7.86. The summed E-state index contributed by atoms with van der Waals surface area (Å²) in [5.74, 6) is 0.106. The van der Waals surface area contributed by atoms with Gasteiger partial charge in [0.25, 0.3) is 0 Å². The number of hydrogen-bond acceptors (Lipinski definition) is 4. The van der Waals surface area contributed by atoms with Crippen molar-refractivity contribution in [2.75, 3.05) is 20.2 Å². The first-order valence-corrected chi connectivity index (χ1v) is 6.13. The van der Waals surface area contributed by atoms with Crippen LogP contribution >= 0.6 is 0 Å². The van der Waals surface area contributed by atoms with Gasteiger partial charge in [0.1, 0.15) is 5.69 Å². The van der Waals surface area contributed by atoms with Gasteiger partial charge in [0.05, 0.1) is 12.8 Å². The van der Waals surface area contributed by atoms with Crippen LogP contribution in [0.25, 0.3) is 0 Å². The molecule has 1 aliphatic rings. The van der Waals surface area contributed by atoms with Gasteiger partial charge in [-0.25, -0.2) is 4.79 Å². The molecule has 0 saturated carbocycles. The van der Waals surface area contributed by atoms with Crippen LogP contribution in [0.3, 0.4) is 0 Å². The molecule has 1 aliphatic heterocycles. The van der Waals surface area contributed by atoms with Crippen LogP contribution in [0.2, 0.25) is 0 Å². The number of ether oxygens (including phenoxy) is 1. The largest absolute Gasteiger partial charge is 0.464 e. The van der Waals surface area contributed by atoms with Crippen molar-refractivity contribution in [2.45, 2.75) is 32.2 Å². The van der Waals surface area contributed by atoms with Crippen LogP contribution in [0.4, 0.5) is 0 Å². The zero-order valence-electron chi connectivity index (χ0n) is 10.4. The molecule has 0 aliphatic carbocycles. The lowest BCUT2D eigenvalue weighted by Gasteiger charge is -2.20. The maximum absolute atomic E-state index is 11.6. The summed E-state index contributed by atoms with van der Waals surface area (Å²) in [7, 11) is 1.40. The van der Waals surface area contributed by atoms with Crippen LogP contribution in [-0.4, -0.2) is 35.9 Å². The molecule has 5 heteroatoms. The monoisotopic (exact) mass is 237 g/mol. The molecule has 94 valence electrons. The molecule has 1 fully saturated rings. The summed E-state index contributed by atoms with van der Waals surface area (Å²) >= 11 is 0. The van der Waals surface area contributed by atoms with Gasteiger partial charge in [0.15, 0.2) is 0 Å². The summed E-state index contributed by atoms with van der Waals surface area (Å²) in [6.07, 6.45) is 2.30. The Balaban J connectivity index is 2.23. The fourth-order valence-electron chi connectivity index (χ4n) is 2.25. The van der Waals surface area contributed by atoms with E-state index in [9.17, 15) is 4.79 Å². The van der Waals surface area contributed by atoms with Crippen LogP contribution in [0, 0.1) is 0 Å². The number of nitrogens with zero attached hydrogens (tertiary/aromatic N) is 2. The maximum Gasteiger partial charge on any atom is 0.356 e. The van der Waals surface area contributed by atoms with Crippen molar-refractivity contribution in [1.29, 1.82) is 0 Å². The lowest BCUT2D eigenvalue weighted by atomic mass is 9.96. The Morgan fingerprint density at radius 3 is 3.12 bits per heavy atom. The first-order valence-electron chi connectivity index (χ1n) is 6.13. The number of piperidine rings is 1. The molecule has 1 unspecified atom stereocenters. The smallest absolute Gasteiger partial charge is 0.356 e. The predicted molar refractivity (Wildman–Crippen MR) is 64.1 cm³/mol. The van der Waals surface area contributed by atoms with Crippen molar-refractivity contribution in [2.24, 2.45) is 0 Å². The summed E-state index contributed by atoms with van der Waals surface area (Å²) in [6.45, 7) is 4.68. The average Bonchev–Trinajstić information content (AvgIpc) is 2.83. The molecule has 1 aromatic heterocycles. The molecule has 0 bridgehead atoms. The molecule has 1 N–H and O–H groups in total. The predicted octanol–water partition coefficient (Wildman–Crippen LogP) is 1.16. The Morgan fingerprint density at radius 2 is 2.53 bits per heavy atom. The van der Waals surface area contributed by atoms with Crippen molar-refractivity contribution in [1.82, 2.24) is 15.1 Å². The van der Waals surface area contributed by atoms with E-state index in [-0.39, 0.29) is 5.97 Å². The summed E-state index contributed by atoms with van der Waals surface area (Å²) in [6, 6.07) is 1.87. The Morgan fingerprint density at radius 1 is 1.71 bits per heavy atom. The van der Waals surface area contributed by atoms with E-state index >= 15 is 0 Å². The molecule has 1 aromatic rings. The van der Waals surface area contributed by atoms with E-state index in [2.05, 4.69) is 10.4 Å². The van der Waals surface area contributed by atoms with Gasteiger partial charge in [-0.15, -0.1) is 0 Å². The molecule has 0 radical (unpaired) electrons. The van der Waals surface area contributed by atoms with Gasteiger partial charge in [-0.3, -0.25) is 4.68 Å². The normalized spacial score (nSPS) is 20.2. The van der Waals surface area contributed by atoms with Crippen molar-refractivity contribution < 1.29 is 9.53 Å². The minimum Gasteiger partial charge on any atom is -0.464 e. The summed E-state index contributed by atoms with van der Waals surface area (Å²) < 4.78 is 6.48. The van der Waals surface area contributed by atoms with E-state index in [1.54, 1.807) is 4.68 Å². The highest BCUT2D eigenvalue weighted by molar-refractivity contribution is 5.87. The second-order valence-corrected chi connectivity index (χ2v) is 4.31. The molecule has 0 spiro atoms. The number of esters is 1. The molecule has 1 atom stereocenters. The maximum atomic E-state index is 11.6. The third-order valence-electron chi connectivity index (χ3n) is 3.21. The fraction of sp³-hybridized carbons (Fsp3) is 0.667. The SMILES string of the molecule is CCn1nc(C2CCCNC2)cc1C(=O)OC. The molecule has 2 rings (SSSR count). The van der Waals surface area contributed by atoms with Gasteiger partial charge in [0, 0.05) is 19.0 Å². The van der Waals surface area contributed by atoms with E-state index < -0.39 is 0 Å². The molecular formula is C12H19N3O2. The van der Waals surface area contributed by atoms with Crippen LogP contribution in [0.1, 0.15) is 41.9 Å². The Labute approximate surface area is 101 Å². The van der Waals surface area contributed by atoms with Gasteiger partial charge >= 0.3 is 5.97 Å². The number of carbonyl (C=O) groups is 1. The Kier molecular flexibility index (Phi) is 3.78. The quantitative estimate of drug-likeness (QED) is 0.801. The third kappa shape index (κ3) is 2.49. The number of methoxy groups -OCH3 is 1. The van der Waals surface area contributed by atoms with E-state index in [1.165, 1.54) is 7.11 Å². The second-order valence-electron chi connectivity index (χ2n) is 4.31. The van der Waals surface area contributed by atoms with E-state index in [1.807, 2.05) is 13.0 Å². The number of rotatable bonds is 3. The number of hydrogen-bond donors (Lipinski definition) is 1. The number of nitrogens with one attached hydrogen (secondary N) is 1. The van der Waals surface area contributed by atoms with Gasteiger partial charge in [-0.2, -0.15) is 5.10 Å². The van der Waals surface area contributed by atoms with Crippen molar-refractivity contribution in [3.05, 3.63) is 17.5 Å². The van der Waals surface area contributed by atoms with E-state index in [4.69, 9.17) is 4.74 Å². The zero-order valence-corrected chi connectivity index (χ0v) is 10.4. The topological polar surface area (TPSA) is 56.2 Å². The molecule has 2 heterocycles. The van der Waals surface area contributed by atoms with Crippen LogP contribution in [0.15, 0.2) is 6.07 Å². The molecule has 17 heavy (non-hydrogen) atoms. The first kappa shape index (κ1) is 12.1. The summed E-state index contributed by atoms with van der Waals surface area (Å²) in [4.78, 5) is 11.6. The summed E-state index contributed by atoms with van der Waals surface area (Å²) in [5.41, 5.74) is 1.55. The van der Waals surface area contributed by atoms with E-state index in [0.29, 0.717) is 18.2 Å². The first-order chi connectivity index (χ1) is 8.26. The average molecular weight is 237 g/mol. The van der Waals surface area contributed by atoms with Gasteiger partial charge in [0.2, 0.25) is 0 Å². The van der Waals surface area contributed by atoms with Crippen molar-refractivity contribution in [3.63, 3.8) is 0 Å². The molecule has 0 aromatic carbocycles. The van der Waals surface area contributed by atoms with E-state index in [0.717, 1.165) is 31.6 Å².